The van der Waals surface area contributed by atoms with Crippen LogP contribution in [0.4, 0.5) is 0 Å². The number of furan rings is 1. The van der Waals surface area contributed by atoms with Gasteiger partial charge in [0.05, 0.1) is 27.9 Å². The number of para-hydroxylation sites is 3. The van der Waals surface area contributed by atoms with Gasteiger partial charge in [0, 0.05) is 38.1 Å². The second-order valence-corrected chi connectivity index (χ2v) is 12.2. The zero-order valence-electron chi connectivity index (χ0n) is 25.8. The summed E-state index contributed by atoms with van der Waals surface area (Å²) in [4.78, 5) is 10.0. The molecule has 0 bridgehead atoms. The Kier molecular flexibility index (Phi) is 5.84. The van der Waals surface area contributed by atoms with Gasteiger partial charge in [-0.15, -0.1) is 0 Å². The van der Waals surface area contributed by atoms with E-state index in [0.29, 0.717) is 5.82 Å². The van der Waals surface area contributed by atoms with E-state index in [1.807, 2.05) is 36.4 Å². The van der Waals surface area contributed by atoms with Crippen LogP contribution in [0.2, 0.25) is 0 Å². The van der Waals surface area contributed by atoms with Crippen LogP contribution in [0.25, 0.3) is 94.1 Å². The molecule has 10 aromatic rings. The van der Waals surface area contributed by atoms with Crippen molar-refractivity contribution in [2.75, 3.05) is 0 Å². The van der Waals surface area contributed by atoms with Crippen molar-refractivity contribution < 1.29 is 4.42 Å². The minimum Gasteiger partial charge on any atom is -0.454 e. The standard InChI is InChI=1S/C44H27N3O/c1-3-12-28(13-4-1)30-23-25-39-36(26-30)32-16-8-10-20-38(32)47(39)40-21-11-18-34-33-24-22-31(27-41(33)48-43(34)40)42-35-17-7-9-19-37(35)45-44(46-42)29-14-5-2-6-15-29/h1-27H. The molecule has 7 aromatic carbocycles. The van der Waals surface area contributed by atoms with Gasteiger partial charge in [0.1, 0.15) is 5.58 Å². The van der Waals surface area contributed by atoms with Crippen LogP contribution < -0.4 is 0 Å². The molecule has 10 rings (SSSR count). The summed E-state index contributed by atoms with van der Waals surface area (Å²) in [6, 6.07) is 57.2. The summed E-state index contributed by atoms with van der Waals surface area (Å²) >= 11 is 0. The highest BCUT2D eigenvalue weighted by Gasteiger charge is 2.19. The average Bonchev–Trinajstić information content (AvgIpc) is 3.70. The Bertz CT molecular complexity index is 2830. The molecule has 0 N–H and O–H groups in total. The number of hydrogen-bond donors (Lipinski definition) is 0. The first-order valence-corrected chi connectivity index (χ1v) is 16.2. The van der Waals surface area contributed by atoms with Crippen LogP contribution in [-0.2, 0) is 0 Å². The molecule has 3 heterocycles. The lowest BCUT2D eigenvalue weighted by Crippen LogP contribution is -1.94. The normalized spacial score (nSPS) is 11.8. The Morgan fingerprint density at radius 2 is 1.10 bits per heavy atom. The maximum atomic E-state index is 6.82. The molecule has 3 aromatic heterocycles. The Morgan fingerprint density at radius 3 is 1.96 bits per heavy atom. The molecule has 0 saturated carbocycles. The Labute approximate surface area is 276 Å². The van der Waals surface area contributed by atoms with Crippen LogP contribution in [0.15, 0.2) is 168 Å². The van der Waals surface area contributed by atoms with Crippen molar-refractivity contribution in [3.05, 3.63) is 164 Å². The van der Waals surface area contributed by atoms with E-state index in [0.717, 1.165) is 66.4 Å². The summed E-state index contributed by atoms with van der Waals surface area (Å²) < 4.78 is 9.17. The third kappa shape index (κ3) is 4.10. The van der Waals surface area contributed by atoms with Crippen molar-refractivity contribution in [1.82, 2.24) is 14.5 Å². The smallest absolute Gasteiger partial charge is 0.160 e. The van der Waals surface area contributed by atoms with Gasteiger partial charge >= 0.3 is 0 Å². The van der Waals surface area contributed by atoms with Crippen LogP contribution in [0.1, 0.15) is 0 Å². The van der Waals surface area contributed by atoms with Crippen LogP contribution in [-0.4, -0.2) is 14.5 Å². The van der Waals surface area contributed by atoms with Crippen molar-refractivity contribution >= 4 is 54.6 Å². The predicted octanol–water partition coefficient (Wildman–Crippen LogP) is 11.6. The van der Waals surface area contributed by atoms with E-state index in [1.54, 1.807) is 0 Å². The summed E-state index contributed by atoms with van der Waals surface area (Å²) in [5.41, 5.74) is 11.2. The summed E-state index contributed by atoms with van der Waals surface area (Å²) in [5.74, 6) is 0.707. The quantitative estimate of drug-likeness (QED) is 0.198. The fraction of sp³-hybridized carbons (Fsp3) is 0. The molecule has 0 spiro atoms. The van der Waals surface area contributed by atoms with Crippen molar-refractivity contribution in [2.45, 2.75) is 0 Å². The maximum Gasteiger partial charge on any atom is 0.160 e. The molecule has 48 heavy (non-hydrogen) atoms. The number of fused-ring (bicyclic) bond motifs is 7. The lowest BCUT2D eigenvalue weighted by molar-refractivity contribution is 0.666. The summed E-state index contributed by atoms with van der Waals surface area (Å²) in [7, 11) is 0. The monoisotopic (exact) mass is 613 g/mol. The van der Waals surface area contributed by atoms with E-state index < -0.39 is 0 Å². The largest absolute Gasteiger partial charge is 0.454 e. The zero-order valence-corrected chi connectivity index (χ0v) is 25.8. The lowest BCUT2D eigenvalue weighted by atomic mass is 10.0. The van der Waals surface area contributed by atoms with E-state index >= 15 is 0 Å². The molecule has 0 aliphatic heterocycles. The molecule has 0 fully saturated rings. The van der Waals surface area contributed by atoms with Gasteiger partial charge in [0.15, 0.2) is 11.4 Å². The van der Waals surface area contributed by atoms with Crippen molar-refractivity contribution in [2.24, 2.45) is 0 Å². The zero-order chi connectivity index (χ0) is 31.6. The maximum absolute atomic E-state index is 6.82. The first kappa shape index (κ1) is 26.7. The number of nitrogens with zero attached hydrogens (tertiary/aromatic N) is 3. The second-order valence-electron chi connectivity index (χ2n) is 12.2. The fourth-order valence-corrected chi connectivity index (χ4v) is 7.16. The van der Waals surface area contributed by atoms with Gasteiger partial charge in [0.2, 0.25) is 0 Å². The summed E-state index contributed by atoms with van der Waals surface area (Å²) in [5, 5.41) is 5.59. The SMILES string of the molecule is c1ccc(-c2ccc3c(c2)c2ccccc2n3-c2cccc3c2oc2cc(-c4nc(-c5ccccc5)nc5ccccc45)ccc23)cc1. The number of rotatable bonds is 4. The molecule has 0 atom stereocenters. The predicted molar refractivity (Wildman–Crippen MR) is 197 cm³/mol. The Balaban J connectivity index is 1.18. The topological polar surface area (TPSA) is 43.9 Å². The minimum absolute atomic E-state index is 0.707. The van der Waals surface area contributed by atoms with Gasteiger partial charge in [-0.3, -0.25) is 0 Å². The van der Waals surface area contributed by atoms with E-state index in [1.165, 1.54) is 21.9 Å². The molecule has 0 saturated heterocycles. The number of benzene rings is 7. The molecule has 0 unspecified atom stereocenters. The highest BCUT2D eigenvalue weighted by Crippen LogP contribution is 2.40. The van der Waals surface area contributed by atoms with E-state index in [2.05, 4.69) is 132 Å². The average molecular weight is 614 g/mol. The molecule has 224 valence electrons. The second kappa shape index (κ2) is 10.5. The molecule has 0 radical (unpaired) electrons. The third-order valence-corrected chi connectivity index (χ3v) is 9.41. The third-order valence-electron chi connectivity index (χ3n) is 9.41. The first-order chi connectivity index (χ1) is 23.8. The van der Waals surface area contributed by atoms with Crippen molar-refractivity contribution in [1.29, 1.82) is 0 Å². The van der Waals surface area contributed by atoms with Gasteiger partial charge in [-0.25, -0.2) is 9.97 Å². The van der Waals surface area contributed by atoms with Gasteiger partial charge < -0.3 is 8.98 Å². The molecule has 0 amide bonds. The number of hydrogen-bond acceptors (Lipinski definition) is 3. The van der Waals surface area contributed by atoms with Crippen LogP contribution in [0, 0.1) is 0 Å². The van der Waals surface area contributed by atoms with Crippen LogP contribution in [0.3, 0.4) is 0 Å². The fourth-order valence-electron chi connectivity index (χ4n) is 7.16. The van der Waals surface area contributed by atoms with E-state index in [-0.39, 0.29) is 0 Å². The van der Waals surface area contributed by atoms with Gasteiger partial charge in [0.25, 0.3) is 0 Å². The highest BCUT2D eigenvalue weighted by molar-refractivity contribution is 6.14. The van der Waals surface area contributed by atoms with Gasteiger partial charge in [-0.05, 0) is 53.6 Å². The molecular weight excluding hydrogens is 587 g/mol. The van der Waals surface area contributed by atoms with Gasteiger partial charge in [-0.2, -0.15) is 0 Å². The Hall–Kier alpha value is -6.52. The van der Waals surface area contributed by atoms with Crippen molar-refractivity contribution in [3.63, 3.8) is 0 Å². The van der Waals surface area contributed by atoms with Crippen LogP contribution in [0.5, 0.6) is 0 Å². The molecule has 4 nitrogen and oxygen atoms in total. The first-order valence-electron chi connectivity index (χ1n) is 16.2. The summed E-state index contributed by atoms with van der Waals surface area (Å²) in [6.45, 7) is 0. The Morgan fingerprint density at radius 1 is 0.417 bits per heavy atom. The lowest BCUT2D eigenvalue weighted by Gasteiger charge is -2.09. The molecular formula is C44H27N3O. The highest BCUT2D eigenvalue weighted by atomic mass is 16.3. The molecule has 0 aliphatic carbocycles. The molecule has 0 aliphatic rings. The van der Waals surface area contributed by atoms with E-state index in [4.69, 9.17) is 14.4 Å². The summed E-state index contributed by atoms with van der Waals surface area (Å²) in [6.07, 6.45) is 0. The van der Waals surface area contributed by atoms with Gasteiger partial charge in [-0.1, -0.05) is 121 Å². The minimum atomic E-state index is 0.707. The molecule has 4 heteroatoms. The number of aromatic nitrogens is 3. The van der Waals surface area contributed by atoms with Crippen molar-refractivity contribution in [3.8, 4) is 39.5 Å². The van der Waals surface area contributed by atoms with Crippen LogP contribution >= 0.6 is 0 Å². The van der Waals surface area contributed by atoms with E-state index in [9.17, 15) is 0 Å².